The number of ether oxygens (including phenoxy) is 7. The molecule has 3 fully saturated rings. The minimum absolute atomic E-state index is 0.00945. The Hall–Kier alpha value is -12.7. The van der Waals surface area contributed by atoms with Gasteiger partial charge in [0.25, 0.3) is 17.7 Å². The summed E-state index contributed by atoms with van der Waals surface area (Å²) >= 11 is 0. The summed E-state index contributed by atoms with van der Waals surface area (Å²) in [4.78, 5) is 165. The SMILES string of the molecule is CC(C)[C@@H]1NC(=O)[C@H](C)[C@H](C)CCCCc2cccc(c2)COC(=O)[C@@H]2CCCN(N2)C(=O)[C@H](Cc2cccc(O)c2)NC1=O.CO[C@@H]1CC/C=C/c2ccc3c(c2)[C@@H](CC3)OC(=O)[C@@H]2CCCN(N2)C(=O)[C@H](Cc2cccc(O)c2)NC(=O)[C@H](C(C)C)CC(=O)[C@@H]1C.COc1ccc(C[C@@H]2NC(=O)[C@H](C)[C@H](OC)[C@@H](C)[C@@H](OC)/C=C/C=C/CCOC(=O)[C@@H]3CCCN(N3)C(=O)[C@H](Cc3cccc(O)c3)NC2=O)cc1. The number of hydrogen-bond donors (Lipinski definition) is 11. The maximum absolute atomic E-state index is 14.3. The third-order valence-electron chi connectivity index (χ3n) is 28.5. The highest BCUT2D eigenvalue weighted by Crippen LogP contribution is 2.37. The zero-order valence-electron chi connectivity index (χ0n) is 85.9. The van der Waals surface area contributed by atoms with Crippen LogP contribution in [0.15, 0.2) is 170 Å². The Kier molecular flexibility index (Phi) is 43.2. The molecule has 7 aliphatic rings. The number of benzene rings is 6. The van der Waals surface area contributed by atoms with E-state index in [0.717, 1.165) is 59.9 Å². The van der Waals surface area contributed by atoms with E-state index in [9.17, 15) is 72.9 Å². The van der Waals surface area contributed by atoms with Gasteiger partial charge in [-0.25, -0.2) is 16.3 Å². The fourth-order valence-corrected chi connectivity index (χ4v) is 19.5. The number of aromatic hydroxyl groups is 3. The van der Waals surface area contributed by atoms with Crippen molar-refractivity contribution in [2.24, 2.45) is 47.3 Å². The summed E-state index contributed by atoms with van der Waals surface area (Å²) in [6.07, 6.45) is 20.4. The van der Waals surface area contributed by atoms with Crippen LogP contribution in [0.1, 0.15) is 208 Å². The molecule has 1 aliphatic carbocycles. The van der Waals surface area contributed by atoms with Crippen molar-refractivity contribution in [2.75, 3.05) is 54.7 Å². The molecule has 0 radical (unpaired) electrons. The topological polar surface area (TPSA) is 436 Å². The van der Waals surface area contributed by atoms with E-state index in [1.54, 1.807) is 107 Å². The second-order valence-electron chi connectivity index (χ2n) is 39.8. The highest BCUT2D eigenvalue weighted by atomic mass is 16.6. The highest BCUT2D eigenvalue weighted by Gasteiger charge is 2.43. The summed E-state index contributed by atoms with van der Waals surface area (Å²) in [5.41, 5.74) is 17.0. The number of amides is 8. The molecule has 0 saturated carbocycles. The number of hydrazine groups is 3. The van der Waals surface area contributed by atoms with E-state index in [1.165, 1.54) is 45.9 Å². The third kappa shape index (κ3) is 32.9. The molecule has 6 aromatic carbocycles. The van der Waals surface area contributed by atoms with Gasteiger partial charge in [0.2, 0.25) is 29.5 Å². The van der Waals surface area contributed by atoms with E-state index < -0.39 is 138 Å². The number of nitrogens with zero attached hydrogens (tertiary/aromatic N) is 3. The highest BCUT2D eigenvalue weighted by molar-refractivity contribution is 5.96. The average molecular weight is 2000 g/mol. The molecule has 6 aromatic rings. The number of allylic oxidation sites excluding steroid dienone is 3. The van der Waals surface area contributed by atoms with Crippen molar-refractivity contribution < 1.29 is 106 Å². The smallest absolute Gasteiger partial charge is 0.325 e. The monoisotopic (exact) mass is 2000 g/mol. The van der Waals surface area contributed by atoms with Crippen molar-refractivity contribution in [3.05, 3.63) is 220 Å². The number of Topliss-reactive ketones (excluding diaryl/α,β-unsaturated/α-hetero) is 1. The Morgan fingerprint density at radius 3 is 1.52 bits per heavy atom. The zero-order valence-corrected chi connectivity index (χ0v) is 85.9. The number of carbonyl (C=O) groups is 12. The Balaban J connectivity index is 0.000000208. The molecule has 33 nitrogen and oxygen atoms in total. The maximum Gasteiger partial charge on any atom is 0.325 e. The lowest BCUT2D eigenvalue weighted by Crippen LogP contribution is -2.62. The summed E-state index contributed by atoms with van der Waals surface area (Å²) in [5, 5.41) is 49.0. The van der Waals surface area contributed by atoms with Gasteiger partial charge < -0.3 is 75.1 Å². The van der Waals surface area contributed by atoms with E-state index in [-0.39, 0.29) is 116 Å². The molecule has 0 spiro atoms. The Labute approximate surface area is 851 Å². The predicted octanol–water partition coefficient (Wildman–Crippen LogP) is 11.6. The van der Waals surface area contributed by atoms with Crippen LogP contribution in [0.3, 0.4) is 0 Å². The number of esters is 3. The second-order valence-corrected chi connectivity index (χ2v) is 39.8. The largest absolute Gasteiger partial charge is 0.508 e. The number of ketones is 1. The van der Waals surface area contributed by atoms with Gasteiger partial charge in [-0.2, -0.15) is 0 Å². The minimum atomic E-state index is -1.12. The first-order chi connectivity index (χ1) is 69.6. The molecule has 784 valence electrons. The van der Waals surface area contributed by atoms with E-state index >= 15 is 0 Å². The summed E-state index contributed by atoms with van der Waals surface area (Å²) < 4.78 is 39.9. The van der Waals surface area contributed by atoms with E-state index in [0.29, 0.717) is 106 Å². The Morgan fingerprint density at radius 2 is 0.972 bits per heavy atom. The molecule has 6 aliphatic heterocycles. The molecule has 8 amide bonds. The molecule has 0 unspecified atom stereocenters. The van der Waals surface area contributed by atoms with E-state index in [1.807, 2.05) is 91.0 Å². The standard InChI is InChI=1S/C39H52N4O9.C38H49N3O7.C35H48N4O6/c1-25-34(50-4)15-8-6-7-9-21-52-39(48)31-14-11-20-43(42-31)38(47)33(24-28-12-10-13-29(44)22-28)41-37(46)32(40-36(45)26(2)35(25)51-5)23-27-16-18-30(49-3)19-17-27;1-23(2)29-22-33(43)24(3)34(47-4)13-6-5-9-25-14-15-27-16-17-35(30(27)20-25)48-38(46)31-12-8-18-41(40-31)37(45)32(39-36(29)44)21-26-10-7-11-28(42)19-26;1-22(2)31-33(42)36-30(20-26-13-8-15-28(40)19-26)34(43)39-17-9-16-29(38-39)35(44)45-21-27-14-7-12-25(18-27)11-6-5-10-23(3)24(4)32(41)37-31/h6-8,10,12-13,15-19,22,25-26,31-35,42,44H,9,11,14,20-21,23-24H2,1-5H3,(H,40,45)(H,41,46);5,7,9-11,14-15,19-20,23-24,29,31-32,34-35,40,42H,6,8,12-13,16-18,21-22H2,1-4H3,(H,39,44);7-8,12-15,18-19,22-24,29-31,38,40H,5-6,9-11,16-17,20-21H2,1-4H3,(H,36,42)(H,37,41)/b7-6+,15-8+;9-5+;/t25-,26+,31-,32-,33-,34-,35+;24-,29-,31-,32-,34+,35+;23-,24-,29+,30+,31+/m001/s1. The molecular weight excluding hydrogens is 1850 g/mol. The number of methoxy groups -OCH3 is 4. The lowest BCUT2D eigenvalue weighted by atomic mass is 9.84. The molecule has 11 N–H and O–H groups in total. The molecular formula is C112H149N11O22. The number of carbonyl (C=O) groups excluding carboxylic acids is 12. The summed E-state index contributed by atoms with van der Waals surface area (Å²) in [6, 6.07) is 33.6. The van der Waals surface area contributed by atoms with Crippen molar-refractivity contribution in [3.63, 3.8) is 0 Å². The van der Waals surface area contributed by atoms with Crippen LogP contribution in [-0.4, -0.2) is 223 Å². The number of phenols is 3. The Bertz CT molecular complexity index is 5470. The van der Waals surface area contributed by atoms with Gasteiger partial charge in [-0.3, -0.25) is 72.6 Å². The number of cyclic esters (lactones) is 2. The van der Waals surface area contributed by atoms with Crippen LogP contribution < -0.4 is 47.6 Å². The van der Waals surface area contributed by atoms with Gasteiger partial charge in [-0.15, -0.1) is 0 Å². The molecule has 33 heteroatoms. The van der Waals surface area contributed by atoms with Crippen molar-refractivity contribution in [3.8, 4) is 23.0 Å². The summed E-state index contributed by atoms with van der Waals surface area (Å²) in [6.45, 7) is 18.2. The van der Waals surface area contributed by atoms with Crippen LogP contribution in [0.25, 0.3) is 6.08 Å². The molecule has 10 bridgehead atoms. The molecule has 3 saturated heterocycles. The third-order valence-corrected chi connectivity index (χ3v) is 28.5. The normalized spacial score (nSPS) is 27.7. The maximum atomic E-state index is 14.3. The Morgan fingerprint density at radius 1 is 0.441 bits per heavy atom. The van der Waals surface area contributed by atoms with Crippen LogP contribution in [0.4, 0.5) is 0 Å². The van der Waals surface area contributed by atoms with Gasteiger partial charge in [-0.05, 0) is 212 Å². The number of rotatable bonds is 14. The fourth-order valence-electron chi connectivity index (χ4n) is 19.5. The average Bonchev–Trinajstić information content (AvgIpc) is 1.42. The van der Waals surface area contributed by atoms with Crippen molar-refractivity contribution >= 4 is 77.0 Å². The lowest BCUT2D eigenvalue weighted by Gasteiger charge is -2.36. The molecule has 0 aromatic heterocycles. The van der Waals surface area contributed by atoms with Gasteiger partial charge in [0.15, 0.2) is 0 Å². The molecule has 145 heavy (non-hydrogen) atoms. The van der Waals surface area contributed by atoms with Crippen LogP contribution in [0, 0.1) is 47.3 Å². The van der Waals surface area contributed by atoms with Gasteiger partial charge in [0.05, 0.1) is 37.9 Å². The van der Waals surface area contributed by atoms with Crippen molar-refractivity contribution in [2.45, 2.75) is 270 Å². The van der Waals surface area contributed by atoms with Crippen LogP contribution in [0.2, 0.25) is 0 Å². The predicted molar refractivity (Wildman–Crippen MR) is 546 cm³/mol. The van der Waals surface area contributed by atoms with Gasteiger partial charge in [0.1, 0.15) is 89.8 Å². The van der Waals surface area contributed by atoms with Gasteiger partial charge >= 0.3 is 17.9 Å². The first kappa shape index (κ1) is 113. The van der Waals surface area contributed by atoms with Gasteiger partial charge in [-0.1, -0.05) is 190 Å². The summed E-state index contributed by atoms with van der Waals surface area (Å²) in [5.74, 6) is -6.68. The minimum Gasteiger partial charge on any atom is -0.508 e. The van der Waals surface area contributed by atoms with Gasteiger partial charge in [0, 0.05) is 96.7 Å². The molecule has 18 atom stereocenters. The molecule has 6 heterocycles. The first-order valence-electron chi connectivity index (χ1n) is 51.2. The van der Waals surface area contributed by atoms with Crippen molar-refractivity contribution in [1.82, 2.24) is 57.9 Å². The van der Waals surface area contributed by atoms with Crippen LogP contribution in [-0.2, 0) is 131 Å². The number of aryl methyl sites for hydroxylation is 2. The fraction of sp³-hybridized carbons (Fsp3) is 0.518. The second kappa shape index (κ2) is 55.6. The zero-order chi connectivity index (χ0) is 105. The lowest BCUT2D eigenvalue weighted by molar-refractivity contribution is -0.158. The van der Waals surface area contributed by atoms with Crippen LogP contribution >= 0.6 is 0 Å². The summed E-state index contributed by atoms with van der Waals surface area (Å²) in [7, 11) is 6.28. The van der Waals surface area contributed by atoms with Crippen LogP contribution in [0.5, 0.6) is 23.0 Å². The quantitative estimate of drug-likeness (QED) is 0.0356. The number of nitrogens with one attached hydrogen (secondary N) is 8. The van der Waals surface area contributed by atoms with E-state index in [4.69, 9.17) is 33.2 Å². The number of fused-ring (bicyclic) bond motifs is 9. The van der Waals surface area contributed by atoms with E-state index in [2.05, 4.69) is 86.2 Å². The molecule has 13 rings (SSSR count). The number of hydrogen-bond acceptors (Lipinski definition) is 25. The van der Waals surface area contributed by atoms with Crippen molar-refractivity contribution in [1.29, 1.82) is 0 Å². The number of phenolic OH excluding ortho intramolecular Hbond substituents is 3. The first-order valence-corrected chi connectivity index (χ1v) is 51.2.